The van der Waals surface area contributed by atoms with Crippen LogP contribution in [0, 0.1) is 0 Å². The molecular formula is C13H8ClF3N2O. The summed E-state index contributed by atoms with van der Waals surface area (Å²) in [6.07, 6.45) is -1.75. The molecule has 1 aromatic carbocycles. The van der Waals surface area contributed by atoms with Crippen LogP contribution in [0.5, 0.6) is 0 Å². The van der Waals surface area contributed by atoms with Gasteiger partial charge in [-0.15, -0.1) is 0 Å². The highest BCUT2D eigenvalue weighted by Gasteiger charge is 2.32. The molecule has 3 nitrogen and oxygen atoms in total. The molecule has 0 aliphatic heterocycles. The fourth-order valence-electron chi connectivity index (χ4n) is 1.47. The van der Waals surface area contributed by atoms with Crippen molar-refractivity contribution in [2.45, 2.75) is 6.18 Å². The Morgan fingerprint density at radius 1 is 1.15 bits per heavy atom. The number of H-pyrrole nitrogens is 1. The van der Waals surface area contributed by atoms with Gasteiger partial charge in [-0.1, -0.05) is 29.8 Å². The highest BCUT2D eigenvalue weighted by molar-refractivity contribution is 6.30. The smallest absolute Gasteiger partial charge is 0.302 e. The van der Waals surface area contributed by atoms with Gasteiger partial charge in [0.15, 0.2) is 0 Å². The molecule has 0 unspecified atom stereocenters. The summed E-state index contributed by atoms with van der Waals surface area (Å²) >= 11 is 5.71. The van der Waals surface area contributed by atoms with Crippen LogP contribution >= 0.6 is 11.6 Å². The maximum atomic E-state index is 12.5. The van der Waals surface area contributed by atoms with Crippen LogP contribution in [0.15, 0.2) is 35.1 Å². The van der Waals surface area contributed by atoms with Crippen molar-refractivity contribution < 1.29 is 13.2 Å². The lowest BCUT2D eigenvalue weighted by atomic mass is 10.2. The second-order valence-corrected chi connectivity index (χ2v) is 4.34. The van der Waals surface area contributed by atoms with Crippen LogP contribution in [0.1, 0.15) is 17.0 Å². The summed E-state index contributed by atoms with van der Waals surface area (Å²) in [6.45, 7) is 0. The van der Waals surface area contributed by atoms with Gasteiger partial charge in [0, 0.05) is 5.02 Å². The van der Waals surface area contributed by atoms with Gasteiger partial charge in [-0.2, -0.15) is 18.2 Å². The molecule has 0 saturated heterocycles. The minimum absolute atomic E-state index is 0.0731. The summed E-state index contributed by atoms with van der Waals surface area (Å²) in [5, 5.41) is 0.552. The standard InChI is InChI=1S/C13H8ClF3N2O/c14-9-4-1-8(2-5-9)3-6-10-7-11(13(15,16)17)19-12(20)18-10/h1-7H,(H,18,19,20)/b6-3+. The first kappa shape index (κ1) is 14.3. The van der Waals surface area contributed by atoms with E-state index in [0.29, 0.717) is 5.02 Å². The minimum atomic E-state index is -4.62. The Hall–Kier alpha value is -2.08. The van der Waals surface area contributed by atoms with E-state index < -0.39 is 17.6 Å². The van der Waals surface area contributed by atoms with E-state index in [-0.39, 0.29) is 5.69 Å². The molecule has 0 atom stereocenters. The molecule has 0 saturated carbocycles. The van der Waals surface area contributed by atoms with E-state index in [1.807, 2.05) is 0 Å². The summed E-state index contributed by atoms with van der Waals surface area (Å²) in [7, 11) is 0. The lowest BCUT2D eigenvalue weighted by Crippen LogP contribution is -2.19. The van der Waals surface area contributed by atoms with Crippen molar-refractivity contribution in [2.75, 3.05) is 0 Å². The van der Waals surface area contributed by atoms with Gasteiger partial charge in [0.1, 0.15) is 5.69 Å². The summed E-state index contributed by atoms with van der Waals surface area (Å²) in [5.74, 6) is 0. The van der Waals surface area contributed by atoms with Gasteiger partial charge in [0.05, 0.1) is 5.69 Å². The molecule has 2 aromatic rings. The lowest BCUT2D eigenvalue weighted by molar-refractivity contribution is -0.141. The monoisotopic (exact) mass is 300 g/mol. The van der Waals surface area contributed by atoms with E-state index in [1.165, 1.54) is 12.2 Å². The predicted octanol–water partition coefficient (Wildman–Crippen LogP) is 3.61. The second kappa shape index (κ2) is 5.50. The van der Waals surface area contributed by atoms with E-state index in [1.54, 1.807) is 29.2 Å². The minimum Gasteiger partial charge on any atom is -0.302 e. The number of hydrogen-bond donors (Lipinski definition) is 1. The highest BCUT2D eigenvalue weighted by atomic mass is 35.5. The molecule has 0 aliphatic carbocycles. The zero-order chi connectivity index (χ0) is 14.8. The molecule has 1 N–H and O–H groups in total. The number of nitrogens with one attached hydrogen (secondary N) is 1. The maximum Gasteiger partial charge on any atom is 0.431 e. The zero-order valence-corrected chi connectivity index (χ0v) is 10.7. The summed E-state index contributed by atoms with van der Waals surface area (Å²) in [6, 6.07) is 7.45. The number of hydrogen-bond acceptors (Lipinski definition) is 2. The highest BCUT2D eigenvalue weighted by Crippen LogP contribution is 2.27. The molecule has 1 aromatic heterocycles. The first-order chi connectivity index (χ1) is 9.34. The molecule has 20 heavy (non-hydrogen) atoms. The quantitative estimate of drug-likeness (QED) is 0.921. The van der Waals surface area contributed by atoms with Crippen molar-refractivity contribution in [1.29, 1.82) is 0 Å². The van der Waals surface area contributed by atoms with Crippen LogP contribution in [0.4, 0.5) is 13.2 Å². The molecule has 0 radical (unpaired) electrons. The van der Waals surface area contributed by atoms with E-state index in [2.05, 4.69) is 4.98 Å². The van der Waals surface area contributed by atoms with Crippen molar-refractivity contribution >= 4 is 23.8 Å². The Labute approximate surface area is 116 Å². The molecule has 7 heteroatoms. The molecular weight excluding hydrogens is 293 g/mol. The third kappa shape index (κ3) is 3.71. The zero-order valence-electron chi connectivity index (χ0n) is 9.91. The molecule has 0 amide bonds. The van der Waals surface area contributed by atoms with Gasteiger partial charge in [0.2, 0.25) is 0 Å². The van der Waals surface area contributed by atoms with Gasteiger partial charge in [-0.3, -0.25) is 0 Å². The Balaban J connectivity index is 2.32. The molecule has 0 spiro atoms. The Kier molecular flexibility index (Phi) is 3.94. The lowest BCUT2D eigenvalue weighted by Gasteiger charge is -2.05. The largest absolute Gasteiger partial charge is 0.431 e. The van der Waals surface area contributed by atoms with E-state index in [9.17, 15) is 18.0 Å². The fourth-order valence-corrected chi connectivity index (χ4v) is 1.60. The van der Waals surface area contributed by atoms with Gasteiger partial charge in [0.25, 0.3) is 0 Å². The van der Waals surface area contributed by atoms with Crippen LogP contribution in [-0.4, -0.2) is 9.97 Å². The number of aromatic nitrogens is 2. The van der Waals surface area contributed by atoms with Crippen molar-refractivity contribution in [3.8, 4) is 0 Å². The number of benzene rings is 1. The van der Waals surface area contributed by atoms with Crippen LogP contribution in [0.25, 0.3) is 12.2 Å². The van der Waals surface area contributed by atoms with Crippen LogP contribution < -0.4 is 5.69 Å². The van der Waals surface area contributed by atoms with E-state index >= 15 is 0 Å². The van der Waals surface area contributed by atoms with Gasteiger partial charge < -0.3 is 4.98 Å². The summed E-state index contributed by atoms with van der Waals surface area (Å²) < 4.78 is 37.6. The average Bonchev–Trinajstić information content (AvgIpc) is 2.36. The normalized spacial score (nSPS) is 12.0. The number of nitrogens with zero attached hydrogens (tertiary/aromatic N) is 1. The van der Waals surface area contributed by atoms with Gasteiger partial charge in [-0.05, 0) is 29.8 Å². The summed E-state index contributed by atoms with van der Waals surface area (Å²) in [5.41, 5.74) is -1.52. The van der Waals surface area contributed by atoms with Crippen molar-refractivity contribution in [2.24, 2.45) is 0 Å². The summed E-state index contributed by atoms with van der Waals surface area (Å²) in [4.78, 5) is 16.2. The van der Waals surface area contributed by atoms with E-state index in [4.69, 9.17) is 11.6 Å². The Morgan fingerprint density at radius 2 is 1.80 bits per heavy atom. The van der Waals surface area contributed by atoms with Crippen molar-refractivity contribution in [1.82, 2.24) is 9.97 Å². The molecule has 104 valence electrons. The number of halogens is 4. The first-order valence-electron chi connectivity index (χ1n) is 5.47. The predicted molar refractivity (Wildman–Crippen MR) is 70.2 cm³/mol. The molecule has 0 bridgehead atoms. The Bertz CT molecular complexity index is 690. The number of alkyl halides is 3. The second-order valence-electron chi connectivity index (χ2n) is 3.91. The Morgan fingerprint density at radius 3 is 2.40 bits per heavy atom. The SMILES string of the molecule is O=c1nc(/C=C/c2ccc(Cl)cc2)cc(C(F)(F)F)[nH]1. The molecule has 1 heterocycles. The van der Waals surface area contributed by atoms with Crippen LogP contribution in [0.3, 0.4) is 0 Å². The van der Waals surface area contributed by atoms with Gasteiger partial charge in [-0.25, -0.2) is 4.79 Å². The molecule has 2 rings (SSSR count). The third-order valence-corrected chi connectivity index (χ3v) is 2.64. The number of aromatic amines is 1. The topological polar surface area (TPSA) is 45.8 Å². The van der Waals surface area contributed by atoms with Crippen molar-refractivity contribution in [3.63, 3.8) is 0 Å². The first-order valence-corrected chi connectivity index (χ1v) is 5.84. The van der Waals surface area contributed by atoms with Gasteiger partial charge >= 0.3 is 11.9 Å². The van der Waals surface area contributed by atoms with E-state index in [0.717, 1.165) is 11.6 Å². The van der Waals surface area contributed by atoms with Crippen LogP contribution in [0.2, 0.25) is 5.02 Å². The molecule has 0 aliphatic rings. The third-order valence-electron chi connectivity index (χ3n) is 2.39. The molecule has 0 fully saturated rings. The number of rotatable bonds is 2. The van der Waals surface area contributed by atoms with Crippen LogP contribution in [-0.2, 0) is 6.18 Å². The average molecular weight is 301 g/mol. The fraction of sp³-hybridized carbons (Fsp3) is 0.0769. The maximum absolute atomic E-state index is 12.5. The van der Waals surface area contributed by atoms with Crippen molar-refractivity contribution in [3.05, 3.63) is 62.8 Å².